The Morgan fingerprint density at radius 3 is 2.64 bits per heavy atom. The average Bonchev–Trinajstić information content (AvgIpc) is 2.58. The molecule has 0 aliphatic carbocycles. The van der Waals surface area contributed by atoms with E-state index in [-0.39, 0.29) is 22.2 Å². The maximum Gasteiger partial charge on any atom is 0.270 e. The molecule has 0 saturated carbocycles. The molecule has 0 heterocycles. The standard InChI is InChI=1S/C18H20ClN3O3/c1-3-21(14-6-4-5-13(2)11-14)10-9-20-18(23)16-8-7-15(22(24)25)12-17(16)19/h4-8,11-12H,3,9-10H2,1-2H3,(H,20,23). The highest BCUT2D eigenvalue weighted by Crippen LogP contribution is 2.22. The van der Waals surface area contributed by atoms with Crippen molar-refractivity contribution >= 4 is 28.9 Å². The summed E-state index contributed by atoms with van der Waals surface area (Å²) in [6.07, 6.45) is 0. The Balaban J connectivity index is 1.96. The van der Waals surface area contributed by atoms with Crippen molar-refractivity contribution in [3.8, 4) is 0 Å². The number of carbonyl (C=O) groups is 1. The van der Waals surface area contributed by atoms with E-state index in [1.54, 1.807) is 0 Å². The predicted octanol–water partition coefficient (Wildman–Crippen LogP) is 3.81. The third-order valence-corrected chi connectivity index (χ3v) is 4.14. The third-order valence-electron chi connectivity index (χ3n) is 3.82. The van der Waals surface area contributed by atoms with E-state index in [0.717, 1.165) is 12.2 Å². The van der Waals surface area contributed by atoms with E-state index in [4.69, 9.17) is 11.6 Å². The molecule has 1 N–H and O–H groups in total. The summed E-state index contributed by atoms with van der Waals surface area (Å²) in [4.78, 5) is 24.5. The highest BCUT2D eigenvalue weighted by Gasteiger charge is 2.15. The lowest BCUT2D eigenvalue weighted by Gasteiger charge is -2.23. The van der Waals surface area contributed by atoms with Gasteiger partial charge in [0, 0.05) is 37.5 Å². The van der Waals surface area contributed by atoms with Crippen molar-refractivity contribution in [3.05, 3.63) is 68.7 Å². The zero-order chi connectivity index (χ0) is 18.4. The van der Waals surface area contributed by atoms with Crippen molar-refractivity contribution < 1.29 is 9.72 Å². The minimum Gasteiger partial charge on any atom is -0.370 e. The predicted molar refractivity (Wildman–Crippen MR) is 99.5 cm³/mol. The molecule has 2 aromatic rings. The molecule has 132 valence electrons. The number of halogens is 1. The number of likely N-dealkylation sites (N-methyl/N-ethyl adjacent to an activating group) is 1. The lowest BCUT2D eigenvalue weighted by Crippen LogP contribution is -2.35. The van der Waals surface area contributed by atoms with E-state index in [0.29, 0.717) is 13.1 Å². The highest BCUT2D eigenvalue weighted by atomic mass is 35.5. The van der Waals surface area contributed by atoms with Crippen molar-refractivity contribution in [2.75, 3.05) is 24.5 Å². The van der Waals surface area contributed by atoms with E-state index in [2.05, 4.69) is 23.2 Å². The molecular formula is C18H20ClN3O3. The molecule has 0 unspecified atom stereocenters. The van der Waals surface area contributed by atoms with Crippen LogP contribution in [0.4, 0.5) is 11.4 Å². The molecule has 0 bridgehead atoms. The van der Waals surface area contributed by atoms with E-state index in [1.165, 1.54) is 23.8 Å². The molecule has 0 radical (unpaired) electrons. The van der Waals surface area contributed by atoms with Gasteiger partial charge in [-0.25, -0.2) is 0 Å². The van der Waals surface area contributed by atoms with Crippen LogP contribution in [0.5, 0.6) is 0 Å². The summed E-state index contributed by atoms with van der Waals surface area (Å²) >= 11 is 5.97. The Labute approximate surface area is 151 Å². The number of anilines is 1. The Bertz CT molecular complexity index is 780. The molecule has 25 heavy (non-hydrogen) atoms. The summed E-state index contributed by atoms with van der Waals surface area (Å²) in [7, 11) is 0. The number of aryl methyl sites for hydroxylation is 1. The van der Waals surface area contributed by atoms with Gasteiger partial charge in [-0.15, -0.1) is 0 Å². The Kier molecular flexibility index (Phi) is 6.36. The second-order valence-corrected chi connectivity index (χ2v) is 6.00. The van der Waals surface area contributed by atoms with Gasteiger partial charge in [-0.05, 0) is 37.6 Å². The van der Waals surface area contributed by atoms with Crippen LogP contribution in [0.25, 0.3) is 0 Å². The van der Waals surface area contributed by atoms with Gasteiger partial charge in [-0.1, -0.05) is 23.7 Å². The molecule has 0 aliphatic heterocycles. The molecule has 2 aromatic carbocycles. The van der Waals surface area contributed by atoms with E-state index < -0.39 is 4.92 Å². The largest absolute Gasteiger partial charge is 0.370 e. The topological polar surface area (TPSA) is 75.5 Å². The molecule has 6 nitrogen and oxygen atoms in total. The van der Waals surface area contributed by atoms with Crippen molar-refractivity contribution in [2.24, 2.45) is 0 Å². The van der Waals surface area contributed by atoms with Gasteiger partial charge in [-0.3, -0.25) is 14.9 Å². The minimum absolute atomic E-state index is 0.0673. The van der Waals surface area contributed by atoms with E-state index >= 15 is 0 Å². The van der Waals surface area contributed by atoms with Crippen molar-refractivity contribution in [3.63, 3.8) is 0 Å². The summed E-state index contributed by atoms with van der Waals surface area (Å²) in [5.41, 5.74) is 2.37. The SMILES string of the molecule is CCN(CCNC(=O)c1ccc([N+](=O)[O-])cc1Cl)c1cccc(C)c1. The van der Waals surface area contributed by atoms with Gasteiger partial charge in [-0.2, -0.15) is 0 Å². The molecule has 0 fully saturated rings. The van der Waals surface area contributed by atoms with Crippen molar-refractivity contribution in [2.45, 2.75) is 13.8 Å². The number of nitrogens with zero attached hydrogens (tertiary/aromatic N) is 2. The van der Waals surface area contributed by atoms with E-state index in [9.17, 15) is 14.9 Å². The molecule has 0 aliphatic rings. The first-order valence-electron chi connectivity index (χ1n) is 7.96. The molecule has 1 amide bonds. The summed E-state index contributed by atoms with van der Waals surface area (Å²) < 4.78 is 0. The van der Waals surface area contributed by atoms with Crippen molar-refractivity contribution in [1.29, 1.82) is 0 Å². The minimum atomic E-state index is -0.547. The summed E-state index contributed by atoms with van der Waals surface area (Å²) in [6.45, 7) is 5.99. The van der Waals surface area contributed by atoms with Crippen LogP contribution in [0.2, 0.25) is 5.02 Å². The molecule has 0 aromatic heterocycles. The van der Waals surface area contributed by atoms with E-state index in [1.807, 2.05) is 25.1 Å². The Morgan fingerprint density at radius 1 is 1.28 bits per heavy atom. The van der Waals surface area contributed by atoms with Gasteiger partial charge in [0.2, 0.25) is 0 Å². The number of benzene rings is 2. The second-order valence-electron chi connectivity index (χ2n) is 5.60. The van der Waals surface area contributed by atoms with Gasteiger partial charge in [0.25, 0.3) is 11.6 Å². The monoisotopic (exact) mass is 361 g/mol. The van der Waals surface area contributed by atoms with Crippen LogP contribution in [-0.4, -0.2) is 30.5 Å². The maximum absolute atomic E-state index is 12.2. The normalized spacial score (nSPS) is 10.4. The average molecular weight is 362 g/mol. The number of hydrogen-bond donors (Lipinski definition) is 1. The number of non-ortho nitro benzene ring substituents is 1. The van der Waals surface area contributed by atoms with Crippen LogP contribution >= 0.6 is 11.6 Å². The van der Waals surface area contributed by atoms with Gasteiger partial charge >= 0.3 is 0 Å². The number of nitro benzene ring substituents is 1. The fourth-order valence-corrected chi connectivity index (χ4v) is 2.76. The van der Waals surface area contributed by atoms with Gasteiger partial charge < -0.3 is 10.2 Å². The molecule has 0 spiro atoms. The molecule has 2 rings (SSSR count). The first kappa shape index (κ1) is 18.7. The van der Waals surface area contributed by atoms with Crippen LogP contribution in [0.3, 0.4) is 0 Å². The molecule has 7 heteroatoms. The highest BCUT2D eigenvalue weighted by molar-refractivity contribution is 6.34. The fraction of sp³-hybridized carbons (Fsp3) is 0.278. The Hall–Kier alpha value is -2.60. The fourth-order valence-electron chi connectivity index (χ4n) is 2.50. The molecule has 0 saturated heterocycles. The number of carbonyl (C=O) groups excluding carboxylic acids is 1. The third kappa shape index (κ3) is 4.93. The number of hydrogen-bond acceptors (Lipinski definition) is 4. The maximum atomic E-state index is 12.2. The molecule has 0 atom stereocenters. The van der Waals surface area contributed by atoms with Crippen LogP contribution in [0.1, 0.15) is 22.8 Å². The first-order chi connectivity index (χ1) is 11.9. The van der Waals surface area contributed by atoms with Gasteiger partial charge in [0.1, 0.15) is 0 Å². The van der Waals surface area contributed by atoms with Crippen LogP contribution in [0.15, 0.2) is 42.5 Å². The van der Waals surface area contributed by atoms with Crippen molar-refractivity contribution in [1.82, 2.24) is 5.32 Å². The number of nitro groups is 1. The number of rotatable bonds is 7. The summed E-state index contributed by atoms with van der Waals surface area (Å²) in [6, 6.07) is 12.0. The molecular weight excluding hydrogens is 342 g/mol. The Morgan fingerprint density at radius 2 is 2.04 bits per heavy atom. The van der Waals surface area contributed by atoms with Gasteiger partial charge in [0.05, 0.1) is 15.5 Å². The lowest BCUT2D eigenvalue weighted by atomic mass is 10.2. The van der Waals surface area contributed by atoms with Crippen LogP contribution in [-0.2, 0) is 0 Å². The number of nitrogens with one attached hydrogen (secondary N) is 1. The number of amides is 1. The van der Waals surface area contributed by atoms with Gasteiger partial charge in [0.15, 0.2) is 0 Å². The second kappa shape index (κ2) is 8.48. The zero-order valence-corrected chi connectivity index (χ0v) is 14.9. The smallest absolute Gasteiger partial charge is 0.270 e. The summed E-state index contributed by atoms with van der Waals surface area (Å²) in [5.74, 6) is -0.347. The summed E-state index contributed by atoms with van der Waals surface area (Å²) in [5, 5.41) is 13.6. The van der Waals surface area contributed by atoms with Crippen LogP contribution in [0, 0.1) is 17.0 Å². The zero-order valence-electron chi connectivity index (χ0n) is 14.2. The quantitative estimate of drug-likeness (QED) is 0.601. The first-order valence-corrected chi connectivity index (χ1v) is 8.34. The lowest BCUT2D eigenvalue weighted by molar-refractivity contribution is -0.384. The van der Waals surface area contributed by atoms with Crippen LogP contribution < -0.4 is 10.2 Å².